The molecule has 0 aromatic heterocycles. The van der Waals surface area contributed by atoms with E-state index in [1.807, 2.05) is 20.8 Å². The Morgan fingerprint density at radius 3 is 1.69 bits per heavy atom. The quantitative estimate of drug-likeness (QED) is 0.0198. The van der Waals surface area contributed by atoms with Gasteiger partial charge in [0.2, 0.25) is 23.6 Å². The van der Waals surface area contributed by atoms with E-state index in [9.17, 15) is 62.2 Å². The molecule has 25 heteroatoms. The summed E-state index contributed by atoms with van der Waals surface area (Å²) in [6.45, 7) is 8.26. The molecular formula is C58H81FN8O16. The molecule has 0 saturated heterocycles. The molecule has 0 radical (unpaired) electrons. The zero-order valence-corrected chi connectivity index (χ0v) is 47.9. The monoisotopic (exact) mass is 1160 g/mol. The normalized spacial score (nSPS) is 13.1. The van der Waals surface area contributed by atoms with Crippen molar-refractivity contribution in [2.75, 3.05) is 52.9 Å². The number of carboxylic acids is 5. The Morgan fingerprint density at radius 1 is 0.651 bits per heavy atom. The van der Waals surface area contributed by atoms with Crippen LogP contribution < -0.4 is 37.2 Å². The Bertz CT molecular complexity index is 2700. The number of hydrogen-bond donors (Lipinski definition) is 12. The van der Waals surface area contributed by atoms with Crippen LogP contribution in [0.5, 0.6) is 0 Å². The number of nitrogens with zero attached hydrogens (tertiary/aromatic N) is 1. The van der Waals surface area contributed by atoms with Crippen LogP contribution in [-0.2, 0) is 47.9 Å². The van der Waals surface area contributed by atoms with Crippen LogP contribution in [0, 0.1) is 12.8 Å². The van der Waals surface area contributed by atoms with Crippen molar-refractivity contribution in [3.05, 3.63) is 95.4 Å². The van der Waals surface area contributed by atoms with E-state index in [1.165, 1.54) is 53.2 Å². The van der Waals surface area contributed by atoms with Crippen molar-refractivity contribution in [2.45, 2.75) is 117 Å². The summed E-state index contributed by atoms with van der Waals surface area (Å²) < 4.78 is 12.6. The first-order valence-corrected chi connectivity index (χ1v) is 27.1. The number of aliphatic carboxylic acids is 5. The summed E-state index contributed by atoms with van der Waals surface area (Å²) >= 11 is 0. The van der Waals surface area contributed by atoms with E-state index < -0.39 is 85.8 Å². The first-order chi connectivity index (χ1) is 39.3. The number of carbonyl (C=O) groups excluding carboxylic acids is 6. The summed E-state index contributed by atoms with van der Waals surface area (Å²) in [5.74, 6) is -8.49. The van der Waals surface area contributed by atoms with Gasteiger partial charge in [-0.25, -0.2) is 18.8 Å². The lowest BCUT2D eigenvalue weighted by Gasteiger charge is -2.20. The van der Waals surface area contributed by atoms with Crippen LogP contribution in [0.3, 0.4) is 0 Å². The Labute approximate surface area is 481 Å². The van der Waals surface area contributed by atoms with Gasteiger partial charge < -0.3 is 62.8 Å². The minimum atomic E-state index is -1.47. The van der Waals surface area contributed by atoms with E-state index in [2.05, 4.69) is 98.7 Å². The second-order valence-corrected chi connectivity index (χ2v) is 19.1. The van der Waals surface area contributed by atoms with Crippen molar-refractivity contribution in [3.63, 3.8) is 0 Å². The Morgan fingerprint density at radius 2 is 1.19 bits per heavy atom. The predicted molar refractivity (Wildman–Crippen MR) is 308 cm³/mol. The number of fused-ring (bicyclic) bond motifs is 2. The zero-order chi connectivity index (χ0) is 62.4. The molecule has 1 fully saturated rings. The highest BCUT2D eigenvalue weighted by molar-refractivity contribution is 6.02. The molecule has 1 saturated carbocycles. The lowest BCUT2D eigenvalue weighted by atomic mass is 9.89. The first-order valence-electron chi connectivity index (χ1n) is 27.1. The molecule has 1 aliphatic carbocycles. The van der Waals surface area contributed by atoms with E-state index in [1.54, 1.807) is 6.08 Å². The summed E-state index contributed by atoms with van der Waals surface area (Å²) in [7, 11) is 1.40. The summed E-state index contributed by atoms with van der Waals surface area (Å²) in [5.41, 5.74) is 2.95. The maximum atomic E-state index is 12.6. The standard InChI is InChI=1S/C21H34N4O9.C15H12.C13H20FNO.C9H15N3O6/c26-16(12-23-18(29)13-6-2-1-3-7-13)22-11-5-4-8-14(19(30)31)24-21(34)25-15(20(32)33)9-10-17(27)28;1-11-14-8-4-2-6-12(14)10-13-7-3-5-9-15(11)13;1-5-10(3)9-12(8-7-11(4)14)13(16)15-6-2;1-10-6(13)2-11-7(14)3-12(4-8(15)16)5-9(17)18/h13-15H,1-12H2,(H,22,26)(H,23,29)(H,27,28)(H,30,31)(H,32,33)(H2,24,25,34);2-10H,1H3;7-9H,5-6H2,1-4H3,(H,15,16);2-5H2,1H3,(H,10,13)(H,11,14)(H,15,16)(H,17,18)/b;;10-9+,11-7+,12-8+;/t14-,15-;;;/m0.../s1. The smallest absolute Gasteiger partial charge is 0.326 e. The first kappa shape index (κ1) is 72.3. The molecular weight excluding hydrogens is 1080 g/mol. The van der Waals surface area contributed by atoms with Crippen LogP contribution in [0.15, 0.2) is 89.8 Å². The van der Waals surface area contributed by atoms with Gasteiger partial charge in [-0.05, 0) is 118 Å². The third-order valence-corrected chi connectivity index (χ3v) is 12.4. The minimum absolute atomic E-state index is 0.0317. The molecule has 4 rings (SSSR count). The molecule has 83 heavy (non-hydrogen) atoms. The number of rotatable bonds is 28. The summed E-state index contributed by atoms with van der Waals surface area (Å²) in [4.78, 5) is 125. The van der Waals surface area contributed by atoms with Crippen molar-refractivity contribution in [1.82, 2.24) is 42.1 Å². The van der Waals surface area contributed by atoms with Crippen LogP contribution in [0.25, 0.3) is 21.5 Å². The molecule has 3 aromatic carbocycles. The molecule has 2 atom stereocenters. The van der Waals surface area contributed by atoms with E-state index >= 15 is 0 Å². The average molecular weight is 1170 g/mol. The summed E-state index contributed by atoms with van der Waals surface area (Å²) in [5, 5.41) is 66.1. The number of likely N-dealkylation sites (N-methyl/N-ethyl adjacent to an activating group) is 2. The van der Waals surface area contributed by atoms with Gasteiger partial charge in [0.15, 0.2) is 0 Å². The molecule has 12 N–H and O–H groups in total. The third kappa shape index (κ3) is 31.7. The van der Waals surface area contributed by atoms with E-state index in [4.69, 9.17) is 20.4 Å². The molecule has 0 unspecified atom stereocenters. The van der Waals surface area contributed by atoms with Gasteiger partial charge in [0.25, 0.3) is 5.91 Å². The summed E-state index contributed by atoms with van der Waals surface area (Å²) in [6, 6.07) is 15.6. The fourth-order valence-electron chi connectivity index (χ4n) is 7.92. The van der Waals surface area contributed by atoms with Crippen LogP contribution in [0.1, 0.15) is 104 Å². The number of aryl methyl sites for hydroxylation is 1. The second-order valence-electron chi connectivity index (χ2n) is 19.1. The van der Waals surface area contributed by atoms with Crippen molar-refractivity contribution in [1.29, 1.82) is 0 Å². The van der Waals surface area contributed by atoms with E-state index in [0.717, 1.165) is 49.0 Å². The molecule has 24 nitrogen and oxygen atoms in total. The minimum Gasteiger partial charge on any atom is -0.481 e. The van der Waals surface area contributed by atoms with Gasteiger partial charge in [-0.3, -0.25) is 43.3 Å². The number of amides is 7. The molecule has 456 valence electrons. The fourth-order valence-corrected chi connectivity index (χ4v) is 7.92. The fraction of sp³-hybridized carbons (Fsp3) is 0.466. The number of nitrogens with one attached hydrogen (secondary N) is 7. The lowest BCUT2D eigenvalue weighted by Crippen LogP contribution is -2.51. The number of urea groups is 1. The molecule has 3 aromatic rings. The highest BCUT2D eigenvalue weighted by atomic mass is 19.1. The molecule has 1 aliphatic rings. The van der Waals surface area contributed by atoms with Crippen LogP contribution in [-0.4, -0.2) is 161 Å². The van der Waals surface area contributed by atoms with Crippen LogP contribution in [0.4, 0.5) is 9.18 Å². The molecule has 0 spiro atoms. The van der Waals surface area contributed by atoms with Gasteiger partial charge in [0.05, 0.1) is 38.6 Å². The number of hydrogen-bond acceptors (Lipinski definition) is 12. The number of unbranched alkanes of at least 4 members (excludes halogenated alkanes) is 1. The van der Waals surface area contributed by atoms with E-state index in [0.29, 0.717) is 25.0 Å². The number of allylic oxidation sites excluding steroid dienone is 4. The summed E-state index contributed by atoms with van der Waals surface area (Å²) in [6.07, 6.45) is 10.3. The van der Waals surface area contributed by atoms with Gasteiger partial charge in [0, 0.05) is 38.0 Å². The van der Waals surface area contributed by atoms with Gasteiger partial charge in [-0.2, -0.15) is 0 Å². The van der Waals surface area contributed by atoms with Crippen molar-refractivity contribution in [3.8, 4) is 0 Å². The Hall–Kier alpha value is -8.74. The van der Waals surface area contributed by atoms with Crippen LogP contribution in [0.2, 0.25) is 0 Å². The predicted octanol–water partition coefficient (Wildman–Crippen LogP) is 4.94. The number of halogens is 1. The van der Waals surface area contributed by atoms with Crippen molar-refractivity contribution >= 4 is 87.0 Å². The maximum Gasteiger partial charge on any atom is 0.326 e. The van der Waals surface area contributed by atoms with Gasteiger partial charge in [-0.15, -0.1) is 0 Å². The van der Waals surface area contributed by atoms with Gasteiger partial charge >= 0.3 is 35.9 Å². The highest BCUT2D eigenvalue weighted by Gasteiger charge is 2.25. The van der Waals surface area contributed by atoms with Gasteiger partial charge in [-0.1, -0.05) is 86.4 Å². The third-order valence-electron chi connectivity index (χ3n) is 12.4. The average Bonchev–Trinajstić information content (AvgIpc) is 3.64. The largest absolute Gasteiger partial charge is 0.481 e. The number of carbonyl (C=O) groups is 11. The Kier molecular flexibility index (Phi) is 35.2. The van der Waals surface area contributed by atoms with E-state index in [-0.39, 0.29) is 61.9 Å². The van der Waals surface area contributed by atoms with Gasteiger partial charge in [0.1, 0.15) is 12.1 Å². The van der Waals surface area contributed by atoms with Crippen molar-refractivity contribution < 1.29 is 82.7 Å². The second kappa shape index (κ2) is 40.4. The number of benzene rings is 3. The molecule has 0 heterocycles. The molecule has 0 bridgehead atoms. The zero-order valence-electron chi connectivity index (χ0n) is 47.9. The van der Waals surface area contributed by atoms with Crippen molar-refractivity contribution in [2.24, 2.45) is 5.92 Å². The maximum absolute atomic E-state index is 12.6. The molecule has 7 amide bonds. The Balaban J connectivity index is 0.000000593. The molecule has 0 aliphatic heterocycles. The topological polar surface area (TPSA) is 376 Å². The highest BCUT2D eigenvalue weighted by Crippen LogP contribution is 2.27. The number of carboxylic acid groups (broad SMARTS) is 5. The lowest BCUT2D eigenvalue weighted by molar-refractivity contribution is -0.144. The SMILES string of the molecule is CCNC(=O)C(/C=C(\C)CC)=C/C=C(\C)F.CNC(=O)CNC(=O)CN(CC(=O)O)CC(=O)O.Cc1c2ccccc2cc2ccccc12.O=C(O)CC[C@H](NC(=O)N[C@@H](CCCCNC(=O)CNC(=O)C1CCCCC1)C(=O)O)C(=O)O. The van der Waals surface area contributed by atoms with Crippen LogP contribution >= 0.6 is 0 Å².